The molecule has 0 aliphatic rings. The Morgan fingerprint density at radius 1 is 1.24 bits per heavy atom. The fourth-order valence-electron chi connectivity index (χ4n) is 2.14. The van der Waals surface area contributed by atoms with Gasteiger partial charge in [-0.2, -0.15) is 0 Å². The second-order valence-corrected chi connectivity index (χ2v) is 5.30. The van der Waals surface area contributed by atoms with Crippen LogP contribution < -0.4 is 10.1 Å². The third kappa shape index (κ3) is 4.12. The third-order valence-corrected chi connectivity index (χ3v) is 3.25. The first-order valence-corrected chi connectivity index (χ1v) is 7.01. The number of ether oxygens (including phenoxy) is 1. The number of nitrogens with one attached hydrogen (secondary N) is 1. The van der Waals surface area contributed by atoms with Gasteiger partial charge >= 0.3 is 0 Å². The summed E-state index contributed by atoms with van der Waals surface area (Å²) in [4.78, 5) is 11.9. The molecule has 21 heavy (non-hydrogen) atoms. The molecule has 1 aromatic heterocycles. The van der Waals surface area contributed by atoms with Crippen LogP contribution in [0.15, 0.2) is 34.7 Å². The van der Waals surface area contributed by atoms with Crippen molar-refractivity contribution in [2.45, 2.75) is 33.7 Å². The molecule has 1 heterocycles. The van der Waals surface area contributed by atoms with Gasteiger partial charge in [0.05, 0.1) is 6.04 Å². The first-order chi connectivity index (χ1) is 9.95. The van der Waals surface area contributed by atoms with E-state index in [9.17, 15) is 4.79 Å². The van der Waals surface area contributed by atoms with Gasteiger partial charge < -0.3 is 14.5 Å². The van der Waals surface area contributed by atoms with Gasteiger partial charge in [0.15, 0.2) is 6.61 Å². The van der Waals surface area contributed by atoms with Gasteiger partial charge in [0.2, 0.25) is 0 Å². The van der Waals surface area contributed by atoms with Gasteiger partial charge in [0.25, 0.3) is 5.91 Å². The van der Waals surface area contributed by atoms with Gasteiger partial charge in [0.1, 0.15) is 17.3 Å². The Morgan fingerprint density at radius 2 is 2.00 bits per heavy atom. The fourth-order valence-corrected chi connectivity index (χ4v) is 2.14. The van der Waals surface area contributed by atoms with Crippen LogP contribution in [0.25, 0.3) is 0 Å². The molecule has 0 bridgehead atoms. The lowest BCUT2D eigenvalue weighted by Gasteiger charge is -2.13. The Bertz CT molecular complexity index is 631. The lowest BCUT2D eigenvalue weighted by Crippen LogP contribution is -2.31. The van der Waals surface area contributed by atoms with Gasteiger partial charge in [-0.05, 0) is 51.5 Å². The topological polar surface area (TPSA) is 51.5 Å². The van der Waals surface area contributed by atoms with Crippen molar-refractivity contribution in [3.63, 3.8) is 0 Å². The Hall–Kier alpha value is -2.23. The van der Waals surface area contributed by atoms with E-state index in [2.05, 4.69) is 5.32 Å². The molecule has 1 N–H and O–H groups in total. The van der Waals surface area contributed by atoms with Crippen molar-refractivity contribution in [3.8, 4) is 5.75 Å². The molecule has 1 atom stereocenters. The van der Waals surface area contributed by atoms with Crippen molar-refractivity contribution in [1.29, 1.82) is 0 Å². The van der Waals surface area contributed by atoms with E-state index in [1.807, 2.05) is 58.0 Å². The van der Waals surface area contributed by atoms with Crippen LogP contribution in [0.4, 0.5) is 0 Å². The molecule has 0 radical (unpaired) electrons. The van der Waals surface area contributed by atoms with Gasteiger partial charge in [0, 0.05) is 0 Å². The van der Waals surface area contributed by atoms with E-state index in [1.54, 1.807) is 0 Å². The number of furan rings is 1. The second kappa shape index (κ2) is 6.48. The molecule has 2 aromatic rings. The van der Waals surface area contributed by atoms with E-state index < -0.39 is 0 Å². The summed E-state index contributed by atoms with van der Waals surface area (Å²) in [6.07, 6.45) is 0. The number of carbonyl (C=O) groups excluding carboxylic acids is 1. The highest BCUT2D eigenvalue weighted by atomic mass is 16.5. The first kappa shape index (κ1) is 15.2. The highest BCUT2D eigenvalue weighted by Crippen LogP contribution is 2.19. The predicted octanol–water partition coefficient (Wildman–Crippen LogP) is 3.46. The number of carbonyl (C=O) groups is 1. The molecule has 0 aliphatic carbocycles. The van der Waals surface area contributed by atoms with Crippen LogP contribution in [0.3, 0.4) is 0 Å². The number of aryl methyl sites for hydroxylation is 3. The van der Waals surface area contributed by atoms with Gasteiger partial charge in [-0.15, -0.1) is 0 Å². The summed E-state index contributed by atoms with van der Waals surface area (Å²) >= 11 is 0. The summed E-state index contributed by atoms with van der Waals surface area (Å²) in [7, 11) is 0. The average molecular weight is 287 g/mol. The van der Waals surface area contributed by atoms with Crippen LogP contribution in [-0.2, 0) is 4.79 Å². The van der Waals surface area contributed by atoms with Crippen molar-refractivity contribution < 1.29 is 13.9 Å². The number of hydrogen-bond acceptors (Lipinski definition) is 3. The summed E-state index contributed by atoms with van der Waals surface area (Å²) in [5.74, 6) is 2.14. The van der Waals surface area contributed by atoms with E-state index in [0.29, 0.717) is 0 Å². The molecule has 112 valence electrons. The summed E-state index contributed by atoms with van der Waals surface area (Å²) in [6, 6.07) is 9.46. The van der Waals surface area contributed by atoms with Crippen molar-refractivity contribution in [3.05, 3.63) is 53.0 Å². The van der Waals surface area contributed by atoms with Gasteiger partial charge in [-0.25, -0.2) is 0 Å². The van der Waals surface area contributed by atoms with Crippen LogP contribution >= 0.6 is 0 Å². The molecule has 4 nitrogen and oxygen atoms in total. The van der Waals surface area contributed by atoms with Crippen LogP contribution in [0.5, 0.6) is 5.75 Å². The zero-order valence-electron chi connectivity index (χ0n) is 12.9. The molecule has 1 aromatic carbocycles. The normalized spacial score (nSPS) is 12.0. The minimum Gasteiger partial charge on any atom is -0.484 e. The van der Waals surface area contributed by atoms with Crippen LogP contribution in [0.2, 0.25) is 0 Å². The monoisotopic (exact) mass is 287 g/mol. The van der Waals surface area contributed by atoms with E-state index in [-0.39, 0.29) is 18.6 Å². The lowest BCUT2D eigenvalue weighted by atomic mass is 10.1. The van der Waals surface area contributed by atoms with Crippen molar-refractivity contribution in [1.82, 2.24) is 5.32 Å². The molecule has 2 rings (SSSR count). The number of hydrogen-bond donors (Lipinski definition) is 1. The maximum absolute atomic E-state index is 11.9. The summed E-state index contributed by atoms with van der Waals surface area (Å²) in [5, 5.41) is 2.85. The number of benzene rings is 1. The average Bonchev–Trinajstić information content (AvgIpc) is 2.84. The number of amides is 1. The molecule has 1 unspecified atom stereocenters. The largest absolute Gasteiger partial charge is 0.484 e. The highest BCUT2D eigenvalue weighted by Gasteiger charge is 2.13. The molecule has 0 aliphatic heterocycles. The summed E-state index contributed by atoms with van der Waals surface area (Å²) < 4.78 is 11.0. The highest BCUT2D eigenvalue weighted by molar-refractivity contribution is 5.77. The molecule has 0 saturated heterocycles. The summed E-state index contributed by atoms with van der Waals surface area (Å²) in [5.41, 5.74) is 2.20. The smallest absolute Gasteiger partial charge is 0.258 e. The minimum absolute atomic E-state index is 0.00602. The quantitative estimate of drug-likeness (QED) is 0.916. The second-order valence-electron chi connectivity index (χ2n) is 5.30. The molecule has 0 saturated carbocycles. The van der Waals surface area contributed by atoms with E-state index in [0.717, 1.165) is 22.8 Å². The molecular weight excluding hydrogens is 266 g/mol. The Labute approximate surface area is 125 Å². The zero-order valence-corrected chi connectivity index (χ0v) is 12.9. The minimum atomic E-state index is -0.172. The predicted molar refractivity (Wildman–Crippen MR) is 81.4 cm³/mol. The SMILES string of the molecule is Cc1ccc(OCC(=O)NC(C)c2ccc(C)o2)c(C)c1. The standard InChI is InChI=1S/C17H21NO3/c1-11-5-7-15(12(2)9-11)20-10-17(19)18-14(4)16-8-6-13(3)21-16/h5-9,14H,10H2,1-4H3,(H,18,19). The lowest BCUT2D eigenvalue weighted by molar-refractivity contribution is -0.123. The van der Waals surface area contributed by atoms with Gasteiger partial charge in [-0.3, -0.25) is 4.79 Å². The number of rotatable bonds is 5. The molecule has 1 amide bonds. The van der Waals surface area contributed by atoms with E-state index in [1.165, 1.54) is 5.56 Å². The fraction of sp³-hybridized carbons (Fsp3) is 0.353. The third-order valence-electron chi connectivity index (χ3n) is 3.25. The maximum Gasteiger partial charge on any atom is 0.258 e. The van der Waals surface area contributed by atoms with Crippen LogP contribution in [-0.4, -0.2) is 12.5 Å². The van der Waals surface area contributed by atoms with Crippen LogP contribution in [0.1, 0.15) is 35.6 Å². The first-order valence-electron chi connectivity index (χ1n) is 7.01. The summed E-state index contributed by atoms with van der Waals surface area (Å²) in [6.45, 7) is 7.74. The molecular formula is C17H21NO3. The van der Waals surface area contributed by atoms with Crippen molar-refractivity contribution >= 4 is 5.91 Å². The van der Waals surface area contributed by atoms with Gasteiger partial charge in [-0.1, -0.05) is 17.7 Å². The van der Waals surface area contributed by atoms with E-state index >= 15 is 0 Å². The Morgan fingerprint density at radius 3 is 2.62 bits per heavy atom. The van der Waals surface area contributed by atoms with Crippen molar-refractivity contribution in [2.75, 3.05) is 6.61 Å². The zero-order chi connectivity index (χ0) is 15.4. The molecule has 4 heteroatoms. The maximum atomic E-state index is 11.9. The van der Waals surface area contributed by atoms with Crippen LogP contribution in [0, 0.1) is 20.8 Å². The van der Waals surface area contributed by atoms with Crippen molar-refractivity contribution in [2.24, 2.45) is 0 Å². The molecule has 0 spiro atoms. The molecule has 0 fully saturated rings. The Balaban J connectivity index is 1.87. The van der Waals surface area contributed by atoms with E-state index in [4.69, 9.17) is 9.15 Å². The Kier molecular flexibility index (Phi) is 4.68.